The summed E-state index contributed by atoms with van der Waals surface area (Å²) in [6.45, 7) is 0.420. The van der Waals surface area contributed by atoms with Crippen LogP contribution in [0.1, 0.15) is 15.9 Å². The lowest BCUT2D eigenvalue weighted by molar-refractivity contribution is -0.153. The summed E-state index contributed by atoms with van der Waals surface area (Å²) >= 11 is 5.83. The summed E-state index contributed by atoms with van der Waals surface area (Å²) in [7, 11) is 0. The summed E-state index contributed by atoms with van der Waals surface area (Å²) in [5.41, 5.74) is 1.43. The van der Waals surface area contributed by atoms with E-state index in [9.17, 15) is 18.0 Å². The fraction of sp³-hybridized carbons (Fsp3) is 0.188. The second-order valence-electron chi connectivity index (χ2n) is 4.86. The summed E-state index contributed by atoms with van der Waals surface area (Å²) in [4.78, 5) is 12.2. The number of hydrogen-bond acceptors (Lipinski definition) is 2. The number of benzene rings is 2. The van der Waals surface area contributed by atoms with E-state index in [-0.39, 0.29) is 16.5 Å². The third-order valence-corrected chi connectivity index (χ3v) is 3.13. The zero-order valence-corrected chi connectivity index (χ0v) is 12.8. The molecule has 2 aromatic rings. The van der Waals surface area contributed by atoms with E-state index < -0.39 is 18.7 Å². The third kappa shape index (κ3) is 5.17. The largest absolute Gasteiger partial charge is 0.482 e. The Hall–Kier alpha value is -2.21. The molecule has 3 nitrogen and oxygen atoms in total. The van der Waals surface area contributed by atoms with Gasteiger partial charge in [0.25, 0.3) is 5.91 Å². The molecule has 2 rings (SSSR count). The van der Waals surface area contributed by atoms with Crippen LogP contribution >= 0.6 is 11.6 Å². The van der Waals surface area contributed by atoms with Crippen molar-refractivity contribution >= 4 is 23.2 Å². The summed E-state index contributed by atoms with van der Waals surface area (Å²) in [5.74, 6) is -0.573. The molecule has 1 N–H and O–H groups in total. The van der Waals surface area contributed by atoms with Gasteiger partial charge in [0, 0.05) is 10.6 Å². The van der Waals surface area contributed by atoms with Crippen LogP contribution in [0, 0.1) is 6.92 Å². The van der Waals surface area contributed by atoms with Gasteiger partial charge in [-0.15, -0.1) is 0 Å². The molecule has 0 aliphatic rings. The van der Waals surface area contributed by atoms with Gasteiger partial charge in [-0.25, -0.2) is 0 Å². The van der Waals surface area contributed by atoms with Gasteiger partial charge in [0.05, 0.1) is 5.69 Å². The van der Waals surface area contributed by atoms with Gasteiger partial charge in [-0.05, 0) is 37.3 Å². The van der Waals surface area contributed by atoms with Crippen molar-refractivity contribution < 1.29 is 22.7 Å². The lowest BCUT2D eigenvalue weighted by Gasteiger charge is -2.14. The van der Waals surface area contributed by atoms with Crippen molar-refractivity contribution in [3.8, 4) is 5.75 Å². The SMILES string of the molecule is Cc1ccc(C(=O)Nc2cc(Cl)ccc2OCC(F)(F)F)cc1. The van der Waals surface area contributed by atoms with E-state index in [1.54, 1.807) is 24.3 Å². The van der Waals surface area contributed by atoms with Crippen LogP contribution in [0.3, 0.4) is 0 Å². The lowest BCUT2D eigenvalue weighted by Crippen LogP contribution is -2.20. The molecule has 0 spiro atoms. The molecule has 0 saturated carbocycles. The van der Waals surface area contributed by atoms with E-state index in [4.69, 9.17) is 16.3 Å². The van der Waals surface area contributed by atoms with E-state index >= 15 is 0 Å². The van der Waals surface area contributed by atoms with Gasteiger partial charge in [-0.2, -0.15) is 13.2 Å². The average Bonchev–Trinajstić information content (AvgIpc) is 2.46. The second kappa shape index (κ2) is 6.91. The van der Waals surface area contributed by atoms with Crippen LogP contribution in [0.25, 0.3) is 0 Å². The number of anilines is 1. The molecule has 0 aliphatic carbocycles. The van der Waals surface area contributed by atoms with Crippen molar-refractivity contribution in [2.75, 3.05) is 11.9 Å². The van der Waals surface area contributed by atoms with Crippen molar-refractivity contribution in [2.24, 2.45) is 0 Å². The number of carbonyl (C=O) groups is 1. The monoisotopic (exact) mass is 343 g/mol. The van der Waals surface area contributed by atoms with Crippen molar-refractivity contribution in [3.05, 3.63) is 58.6 Å². The van der Waals surface area contributed by atoms with Crippen LogP contribution < -0.4 is 10.1 Å². The minimum atomic E-state index is -4.47. The van der Waals surface area contributed by atoms with Crippen LogP contribution in [0.2, 0.25) is 5.02 Å². The first kappa shape index (κ1) is 17.1. The van der Waals surface area contributed by atoms with Crippen molar-refractivity contribution in [1.29, 1.82) is 0 Å². The molecule has 2 aromatic carbocycles. The Morgan fingerprint density at radius 1 is 1.17 bits per heavy atom. The number of aryl methyl sites for hydroxylation is 1. The molecule has 0 radical (unpaired) electrons. The van der Waals surface area contributed by atoms with E-state index in [2.05, 4.69) is 5.32 Å². The summed E-state index contributed by atoms with van der Waals surface area (Å²) in [6.07, 6.45) is -4.47. The van der Waals surface area contributed by atoms with Gasteiger partial charge in [0.15, 0.2) is 6.61 Å². The molecule has 0 saturated heterocycles. The fourth-order valence-electron chi connectivity index (χ4n) is 1.78. The Morgan fingerprint density at radius 3 is 2.43 bits per heavy atom. The van der Waals surface area contributed by atoms with Crippen LogP contribution in [0.5, 0.6) is 5.75 Å². The number of amides is 1. The molecule has 23 heavy (non-hydrogen) atoms. The summed E-state index contributed by atoms with van der Waals surface area (Å²) < 4.78 is 41.6. The lowest BCUT2D eigenvalue weighted by atomic mass is 10.1. The van der Waals surface area contributed by atoms with Crippen molar-refractivity contribution in [3.63, 3.8) is 0 Å². The molecule has 0 unspecified atom stereocenters. The number of hydrogen-bond donors (Lipinski definition) is 1. The minimum Gasteiger partial charge on any atom is -0.482 e. The number of nitrogens with one attached hydrogen (secondary N) is 1. The second-order valence-corrected chi connectivity index (χ2v) is 5.30. The van der Waals surface area contributed by atoms with Gasteiger partial charge in [0.1, 0.15) is 5.75 Å². The Balaban J connectivity index is 2.19. The highest BCUT2D eigenvalue weighted by Crippen LogP contribution is 2.30. The molecular weight excluding hydrogens is 331 g/mol. The Kier molecular flexibility index (Phi) is 5.15. The topological polar surface area (TPSA) is 38.3 Å². The highest BCUT2D eigenvalue weighted by atomic mass is 35.5. The van der Waals surface area contributed by atoms with Crippen LogP contribution in [0.15, 0.2) is 42.5 Å². The first-order chi connectivity index (χ1) is 10.7. The quantitative estimate of drug-likeness (QED) is 0.862. The number of carbonyl (C=O) groups excluding carboxylic acids is 1. The van der Waals surface area contributed by atoms with Gasteiger partial charge in [-0.3, -0.25) is 4.79 Å². The first-order valence-electron chi connectivity index (χ1n) is 6.62. The number of ether oxygens (including phenoxy) is 1. The van der Waals surface area contributed by atoms with Crippen LogP contribution in [0.4, 0.5) is 18.9 Å². The number of halogens is 4. The Labute approximate surface area is 136 Å². The van der Waals surface area contributed by atoms with Gasteiger partial charge in [-0.1, -0.05) is 29.3 Å². The highest BCUT2D eigenvalue weighted by molar-refractivity contribution is 6.31. The summed E-state index contributed by atoms with van der Waals surface area (Å²) in [6, 6.07) is 10.7. The van der Waals surface area contributed by atoms with Crippen LogP contribution in [-0.2, 0) is 0 Å². The average molecular weight is 344 g/mol. The zero-order chi connectivity index (χ0) is 17.0. The van der Waals surface area contributed by atoms with Crippen molar-refractivity contribution in [1.82, 2.24) is 0 Å². The molecule has 0 aliphatic heterocycles. The first-order valence-corrected chi connectivity index (χ1v) is 6.99. The minimum absolute atomic E-state index is 0.0762. The predicted octanol–water partition coefficient (Wildman–Crippen LogP) is 4.84. The zero-order valence-electron chi connectivity index (χ0n) is 12.1. The molecule has 7 heteroatoms. The molecule has 0 aromatic heterocycles. The maximum absolute atomic E-state index is 12.3. The van der Waals surface area contributed by atoms with Crippen molar-refractivity contribution in [2.45, 2.75) is 13.1 Å². The number of alkyl halides is 3. The van der Waals surface area contributed by atoms with E-state index in [1.807, 2.05) is 6.92 Å². The Morgan fingerprint density at radius 2 is 1.83 bits per heavy atom. The fourth-order valence-corrected chi connectivity index (χ4v) is 1.96. The van der Waals surface area contributed by atoms with Gasteiger partial charge < -0.3 is 10.1 Å². The molecular formula is C16H13ClF3NO2. The molecule has 0 fully saturated rings. The summed E-state index contributed by atoms with van der Waals surface area (Å²) in [5, 5.41) is 2.77. The number of rotatable bonds is 4. The Bertz CT molecular complexity index is 699. The molecule has 1 amide bonds. The highest BCUT2D eigenvalue weighted by Gasteiger charge is 2.29. The molecule has 0 atom stereocenters. The van der Waals surface area contributed by atoms with Crippen LogP contribution in [-0.4, -0.2) is 18.7 Å². The molecule has 0 heterocycles. The van der Waals surface area contributed by atoms with Gasteiger partial charge in [0.2, 0.25) is 0 Å². The smallest absolute Gasteiger partial charge is 0.422 e. The van der Waals surface area contributed by atoms with E-state index in [0.29, 0.717) is 5.56 Å². The van der Waals surface area contributed by atoms with Gasteiger partial charge >= 0.3 is 6.18 Å². The van der Waals surface area contributed by atoms with E-state index in [0.717, 1.165) is 5.56 Å². The molecule has 122 valence electrons. The maximum Gasteiger partial charge on any atom is 0.422 e. The standard InChI is InChI=1S/C16H13ClF3NO2/c1-10-2-4-11(5-3-10)15(22)21-13-8-12(17)6-7-14(13)23-9-16(18,19)20/h2-8H,9H2,1H3,(H,21,22). The van der Waals surface area contributed by atoms with E-state index in [1.165, 1.54) is 18.2 Å². The normalized spacial score (nSPS) is 11.2. The third-order valence-electron chi connectivity index (χ3n) is 2.89. The maximum atomic E-state index is 12.3. The predicted molar refractivity (Wildman–Crippen MR) is 82.1 cm³/mol. The molecule has 0 bridgehead atoms.